The third kappa shape index (κ3) is 3.84. The van der Waals surface area contributed by atoms with Crippen LogP contribution in [-0.2, 0) is 23.2 Å². The van der Waals surface area contributed by atoms with Crippen molar-refractivity contribution >= 4 is 10.0 Å². The van der Waals surface area contributed by atoms with Gasteiger partial charge in [-0.15, -0.1) is 0 Å². The molecule has 112 valence electrons. The molecule has 21 heavy (non-hydrogen) atoms. The maximum absolute atomic E-state index is 13.7. The van der Waals surface area contributed by atoms with Gasteiger partial charge >= 0.3 is 0 Å². The summed E-state index contributed by atoms with van der Waals surface area (Å²) in [5.74, 6) is -1.36. The van der Waals surface area contributed by atoms with Gasteiger partial charge in [-0.05, 0) is 35.4 Å². The molecule has 0 aliphatic carbocycles. The third-order valence-electron chi connectivity index (χ3n) is 2.85. The van der Waals surface area contributed by atoms with Crippen LogP contribution in [-0.4, -0.2) is 13.5 Å². The lowest BCUT2D eigenvalue weighted by molar-refractivity contribution is 0.281. The molecule has 2 N–H and O–H groups in total. The Bertz CT molecular complexity index is 730. The van der Waals surface area contributed by atoms with E-state index in [0.717, 1.165) is 12.1 Å². The van der Waals surface area contributed by atoms with Gasteiger partial charge < -0.3 is 5.11 Å². The smallest absolute Gasteiger partial charge is 0.243 e. The van der Waals surface area contributed by atoms with Gasteiger partial charge in [0.25, 0.3) is 0 Å². The molecular formula is C14H13F2NO3S. The second-order valence-electron chi connectivity index (χ2n) is 4.37. The fraction of sp³-hybridized carbons (Fsp3) is 0.143. The average molecular weight is 313 g/mol. The van der Waals surface area contributed by atoms with Crippen LogP contribution in [0.15, 0.2) is 47.4 Å². The van der Waals surface area contributed by atoms with Crippen molar-refractivity contribution in [3.8, 4) is 0 Å². The molecule has 0 spiro atoms. The molecule has 0 bridgehead atoms. The first-order chi connectivity index (χ1) is 9.92. The maximum Gasteiger partial charge on any atom is 0.243 e. The number of aliphatic hydroxyl groups excluding tert-OH is 1. The largest absolute Gasteiger partial charge is 0.392 e. The molecular weight excluding hydrogens is 300 g/mol. The number of halogens is 2. The lowest BCUT2D eigenvalue weighted by Gasteiger charge is -2.08. The highest BCUT2D eigenvalue weighted by Gasteiger charge is 2.18. The van der Waals surface area contributed by atoms with E-state index in [4.69, 9.17) is 5.11 Å². The molecule has 0 heterocycles. The van der Waals surface area contributed by atoms with Crippen molar-refractivity contribution in [3.63, 3.8) is 0 Å². The van der Waals surface area contributed by atoms with Crippen LogP contribution in [0.25, 0.3) is 0 Å². The lowest BCUT2D eigenvalue weighted by atomic mass is 10.2. The minimum atomic E-state index is -4.02. The lowest BCUT2D eigenvalue weighted by Crippen LogP contribution is -2.24. The number of benzene rings is 2. The zero-order valence-corrected chi connectivity index (χ0v) is 11.7. The molecule has 0 radical (unpaired) electrons. The molecule has 0 aliphatic heterocycles. The van der Waals surface area contributed by atoms with E-state index in [9.17, 15) is 17.2 Å². The minimum absolute atomic E-state index is 0.0796. The van der Waals surface area contributed by atoms with Crippen LogP contribution >= 0.6 is 0 Å². The first kappa shape index (κ1) is 15.6. The van der Waals surface area contributed by atoms with Crippen LogP contribution in [0.4, 0.5) is 8.78 Å². The minimum Gasteiger partial charge on any atom is -0.392 e. The fourth-order valence-electron chi connectivity index (χ4n) is 1.72. The molecule has 2 aromatic rings. The second kappa shape index (κ2) is 6.30. The van der Waals surface area contributed by atoms with E-state index in [-0.39, 0.29) is 18.7 Å². The highest BCUT2D eigenvalue weighted by molar-refractivity contribution is 7.89. The molecule has 2 aromatic carbocycles. The summed E-state index contributed by atoms with van der Waals surface area (Å²) < 4.78 is 52.7. The average Bonchev–Trinajstić information content (AvgIpc) is 2.46. The number of hydrogen-bond donors (Lipinski definition) is 2. The molecule has 2 rings (SSSR count). The summed E-state index contributed by atoms with van der Waals surface area (Å²) in [6.45, 7) is -0.454. The highest BCUT2D eigenvalue weighted by atomic mass is 32.2. The van der Waals surface area contributed by atoms with Gasteiger partial charge in [0, 0.05) is 6.54 Å². The van der Waals surface area contributed by atoms with Crippen molar-refractivity contribution in [2.24, 2.45) is 0 Å². The molecule has 0 aromatic heterocycles. The Morgan fingerprint density at radius 1 is 1.00 bits per heavy atom. The Kier molecular flexibility index (Phi) is 4.66. The van der Waals surface area contributed by atoms with Gasteiger partial charge in [-0.3, -0.25) is 0 Å². The monoisotopic (exact) mass is 313 g/mol. The molecule has 0 saturated heterocycles. The van der Waals surface area contributed by atoms with Gasteiger partial charge in [0.05, 0.1) is 6.61 Å². The Balaban J connectivity index is 2.16. The Morgan fingerprint density at radius 2 is 1.62 bits per heavy atom. The summed E-state index contributed by atoms with van der Waals surface area (Å²) in [6, 6.07) is 8.67. The van der Waals surface area contributed by atoms with Gasteiger partial charge in [-0.2, -0.15) is 0 Å². The zero-order chi connectivity index (χ0) is 15.5. The number of rotatable bonds is 5. The molecule has 0 unspecified atom stereocenters. The number of nitrogens with one attached hydrogen (secondary N) is 1. The van der Waals surface area contributed by atoms with Crippen LogP contribution in [0.2, 0.25) is 0 Å². The van der Waals surface area contributed by atoms with Crippen LogP contribution in [0.3, 0.4) is 0 Å². The van der Waals surface area contributed by atoms with E-state index in [0.29, 0.717) is 5.56 Å². The zero-order valence-electron chi connectivity index (χ0n) is 10.9. The molecule has 0 fully saturated rings. The molecule has 0 aliphatic rings. The molecule has 7 heteroatoms. The van der Waals surface area contributed by atoms with E-state index in [1.165, 1.54) is 30.3 Å². The first-order valence-corrected chi connectivity index (χ1v) is 7.54. The normalized spacial score (nSPS) is 11.6. The number of aliphatic hydroxyl groups is 1. The van der Waals surface area contributed by atoms with Crippen molar-refractivity contribution in [2.75, 3.05) is 0 Å². The van der Waals surface area contributed by atoms with E-state index < -0.39 is 26.6 Å². The summed E-state index contributed by atoms with van der Waals surface area (Å²) in [5, 5.41) is 8.87. The Labute approximate surface area is 121 Å². The summed E-state index contributed by atoms with van der Waals surface area (Å²) in [7, 11) is -4.02. The standard InChI is InChI=1S/C14H13F2NO3S/c15-12-4-1-10(2-5-12)8-17-21(19,20)14-6-3-11(9-18)7-13(14)16/h1-7,17-18H,8-9H2. The van der Waals surface area contributed by atoms with Crippen LogP contribution < -0.4 is 4.72 Å². The number of hydrogen-bond acceptors (Lipinski definition) is 3. The van der Waals surface area contributed by atoms with E-state index in [1.807, 2.05) is 0 Å². The van der Waals surface area contributed by atoms with Crippen molar-refractivity contribution in [2.45, 2.75) is 18.0 Å². The van der Waals surface area contributed by atoms with Gasteiger partial charge in [-0.1, -0.05) is 18.2 Å². The topological polar surface area (TPSA) is 66.4 Å². The third-order valence-corrected chi connectivity index (χ3v) is 4.28. The van der Waals surface area contributed by atoms with Crippen LogP contribution in [0.1, 0.15) is 11.1 Å². The molecule has 0 saturated carbocycles. The summed E-state index contributed by atoms with van der Waals surface area (Å²) >= 11 is 0. The predicted octanol–water partition coefficient (Wildman–Crippen LogP) is 1.94. The van der Waals surface area contributed by atoms with Crippen molar-refractivity contribution in [1.82, 2.24) is 4.72 Å². The van der Waals surface area contributed by atoms with Gasteiger partial charge in [-0.25, -0.2) is 21.9 Å². The quantitative estimate of drug-likeness (QED) is 0.886. The first-order valence-electron chi connectivity index (χ1n) is 6.06. The summed E-state index contributed by atoms with van der Waals surface area (Å²) in [6.07, 6.45) is 0. The summed E-state index contributed by atoms with van der Waals surface area (Å²) in [5.41, 5.74) is 0.831. The van der Waals surface area contributed by atoms with E-state index >= 15 is 0 Å². The summed E-state index contributed by atoms with van der Waals surface area (Å²) in [4.78, 5) is -0.498. The van der Waals surface area contributed by atoms with Crippen molar-refractivity contribution in [1.29, 1.82) is 0 Å². The molecule has 0 amide bonds. The van der Waals surface area contributed by atoms with Crippen molar-refractivity contribution in [3.05, 3.63) is 65.2 Å². The van der Waals surface area contributed by atoms with Gasteiger partial charge in [0.1, 0.15) is 16.5 Å². The Hall–Kier alpha value is -1.83. The highest BCUT2D eigenvalue weighted by Crippen LogP contribution is 2.16. The van der Waals surface area contributed by atoms with Crippen molar-refractivity contribution < 1.29 is 22.3 Å². The van der Waals surface area contributed by atoms with E-state index in [1.54, 1.807) is 0 Å². The fourth-order valence-corrected chi connectivity index (χ4v) is 2.79. The maximum atomic E-state index is 13.7. The van der Waals surface area contributed by atoms with E-state index in [2.05, 4.69) is 4.72 Å². The Morgan fingerprint density at radius 3 is 2.19 bits per heavy atom. The van der Waals surface area contributed by atoms with Gasteiger partial charge in [0.15, 0.2) is 0 Å². The molecule has 4 nitrogen and oxygen atoms in total. The van der Waals surface area contributed by atoms with Gasteiger partial charge in [0.2, 0.25) is 10.0 Å². The number of sulfonamides is 1. The molecule has 0 atom stereocenters. The van der Waals surface area contributed by atoms with Crippen LogP contribution in [0.5, 0.6) is 0 Å². The predicted molar refractivity (Wildman–Crippen MR) is 72.7 cm³/mol. The second-order valence-corrected chi connectivity index (χ2v) is 6.11. The SMILES string of the molecule is O=S(=O)(NCc1ccc(F)cc1)c1ccc(CO)cc1F. The van der Waals surface area contributed by atoms with Crippen LogP contribution in [0, 0.1) is 11.6 Å².